The molecule has 1 nitrogen and oxygen atoms in total. The minimum atomic E-state index is -1.21. The first-order valence-electron chi connectivity index (χ1n) is 9.41. The molecule has 0 atom stereocenters. The minimum Gasteiger partial charge on any atom is -0.658 e. The Hall–Kier alpha value is -1.92. The van der Waals surface area contributed by atoms with Crippen LogP contribution in [0, 0.1) is 6.92 Å². The van der Waals surface area contributed by atoms with Crippen molar-refractivity contribution in [2.45, 2.75) is 6.92 Å². The van der Waals surface area contributed by atoms with Crippen molar-refractivity contribution in [1.82, 2.24) is 0 Å². The van der Waals surface area contributed by atoms with E-state index in [1.807, 2.05) is 34.0 Å². The summed E-state index contributed by atoms with van der Waals surface area (Å²) in [6, 6.07) is 22.4. The Morgan fingerprint density at radius 3 is 1.93 bits per heavy atom. The third-order valence-electron chi connectivity index (χ3n) is 5.78. The van der Waals surface area contributed by atoms with Gasteiger partial charge in [0.2, 0.25) is 0 Å². The molecule has 5 rings (SSSR count). The average Bonchev–Trinajstić information content (AvgIpc) is 3.48. The SMILES string of the molecule is Cc1ccc(C2=C(c3cccs3)[B-](c3cccs3)(c3cccs3)[O+](C)C2)cc1. The zero-order chi connectivity index (χ0) is 19.1. The first-order valence-corrected chi connectivity index (χ1v) is 12.0. The third kappa shape index (κ3) is 2.69. The van der Waals surface area contributed by atoms with Crippen LogP contribution in [-0.2, 0) is 4.28 Å². The van der Waals surface area contributed by atoms with Gasteiger partial charge >= 0.3 is 6.35 Å². The molecule has 4 heterocycles. The van der Waals surface area contributed by atoms with Crippen LogP contribution in [0.2, 0.25) is 0 Å². The molecule has 0 unspecified atom stereocenters. The number of hydrogen-bond acceptors (Lipinski definition) is 3. The minimum absolute atomic E-state index is 0.881. The molecule has 0 N–H and O–H groups in total. The molecule has 5 heteroatoms. The van der Waals surface area contributed by atoms with Gasteiger partial charge in [-0.2, -0.15) is 22.7 Å². The van der Waals surface area contributed by atoms with E-state index in [9.17, 15) is 0 Å². The second-order valence-electron chi connectivity index (χ2n) is 7.39. The zero-order valence-electron chi connectivity index (χ0n) is 15.9. The largest absolute Gasteiger partial charge is 0.658 e. The van der Waals surface area contributed by atoms with Crippen LogP contribution in [0.25, 0.3) is 11.0 Å². The maximum atomic E-state index is 3.61. The fourth-order valence-electron chi connectivity index (χ4n) is 4.52. The van der Waals surface area contributed by atoms with Gasteiger partial charge in [-0.05, 0) is 34.7 Å². The molecule has 0 saturated carbocycles. The van der Waals surface area contributed by atoms with Crippen LogP contribution in [0.15, 0.2) is 76.8 Å². The monoisotopic (exact) mass is 420 g/mol. The molecule has 0 radical (unpaired) electrons. The lowest BCUT2D eigenvalue weighted by Gasteiger charge is -2.40. The number of thiophene rings is 3. The number of hydrogen-bond donors (Lipinski definition) is 0. The van der Waals surface area contributed by atoms with Crippen LogP contribution in [0.4, 0.5) is 0 Å². The van der Waals surface area contributed by atoms with E-state index in [0.717, 1.165) is 6.61 Å². The standard InChI is InChI=1S/C23H21BOS3/c1-17-9-11-18(12-10-17)19-16-25(2)24(21-7-4-14-27-21,22-8-5-15-28-22)23(19)20-6-3-13-26-20/h3-15H,16H2,1-2H3. The quantitative estimate of drug-likeness (QED) is 0.299. The maximum absolute atomic E-state index is 3.61. The van der Waals surface area contributed by atoms with Gasteiger partial charge in [-0.15, -0.1) is 11.3 Å². The van der Waals surface area contributed by atoms with Crippen molar-refractivity contribution in [1.29, 1.82) is 0 Å². The fraction of sp³-hybridized carbons (Fsp3) is 0.130. The summed E-state index contributed by atoms with van der Waals surface area (Å²) < 4.78 is 6.45. The van der Waals surface area contributed by atoms with E-state index in [2.05, 4.69) is 95.1 Å². The van der Waals surface area contributed by atoms with Gasteiger partial charge in [0.25, 0.3) is 0 Å². The van der Waals surface area contributed by atoms with Gasteiger partial charge < -0.3 is 4.28 Å². The van der Waals surface area contributed by atoms with Crippen LogP contribution < -0.4 is 9.55 Å². The van der Waals surface area contributed by atoms with Gasteiger partial charge in [-0.3, -0.25) is 0 Å². The number of rotatable bonds is 4. The smallest absolute Gasteiger partial charge is 0.397 e. The van der Waals surface area contributed by atoms with E-state index in [4.69, 9.17) is 0 Å². The van der Waals surface area contributed by atoms with Crippen LogP contribution in [0.1, 0.15) is 16.0 Å². The first kappa shape index (κ1) is 18.1. The molecule has 0 saturated heterocycles. The molecule has 1 aromatic carbocycles. The lowest BCUT2D eigenvalue weighted by atomic mass is 9.33. The Bertz CT molecular complexity index is 1060. The van der Waals surface area contributed by atoms with E-state index >= 15 is 0 Å². The highest BCUT2D eigenvalue weighted by Crippen LogP contribution is 2.45. The molecule has 3 aromatic heterocycles. The van der Waals surface area contributed by atoms with Gasteiger partial charge in [-0.1, -0.05) is 75.2 Å². The Kier molecular flexibility index (Phi) is 4.64. The Morgan fingerprint density at radius 1 is 0.786 bits per heavy atom. The van der Waals surface area contributed by atoms with Crippen LogP contribution in [-0.4, -0.2) is 20.1 Å². The lowest BCUT2D eigenvalue weighted by Crippen LogP contribution is -2.62. The molecule has 1 aliphatic heterocycles. The van der Waals surface area contributed by atoms with E-state index in [1.54, 1.807) is 0 Å². The second kappa shape index (κ2) is 7.16. The summed E-state index contributed by atoms with van der Waals surface area (Å²) >= 11 is 5.58. The number of benzene rings is 1. The van der Waals surface area contributed by atoms with Crippen molar-refractivity contribution in [3.63, 3.8) is 0 Å². The molecular weight excluding hydrogens is 399 g/mol. The summed E-state index contributed by atoms with van der Waals surface area (Å²) in [4.78, 5) is 1.37. The number of aryl methyl sites for hydroxylation is 1. The molecule has 1 aliphatic rings. The third-order valence-corrected chi connectivity index (χ3v) is 8.75. The van der Waals surface area contributed by atoms with Crippen molar-refractivity contribution >= 4 is 61.0 Å². The topological polar surface area (TPSA) is 2.70 Å². The predicted molar refractivity (Wildman–Crippen MR) is 128 cm³/mol. The normalized spacial score (nSPS) is 16.8. The van der Waals surface area contributed by atoms with Gasteiger partial charge in [0.05, 0.1) is 7.11 Å². The van der Waals surface area contributed by atoms with Crippen molar-refractivity contribution < 1.29 is 4.28 Å². The Labute approximate surface area is 178 Å². The molecule has 0 aliphatic carbocycles. The molecule has 0 fully saturated rings. The highest BCUT2D eigenvalue weighted by molar-refractivity contribution is 7.40. The summed E-state index contributed by atoms with van der Waals surface area (Å²) in [5.74, 6) is 0. The molecule has 28 heavy (non-hydrogen) atoms. The Morgan fingerprint density at radius 2 is 1.39 bits per heavy atom. The van der Waals surface area contributed by atoms with Gasteiger partial charge in [0, 0.05) is 10.5 Å². The van der Waals surface area contributed by atoms with E-state index < -0.39 is 6.35 Å². The predicted octanol–water partition coefficient (Wildman–Crippen LogP) is 5.59. The van der Waals surface area contributed by atoms with Crippen LogP contribution in [0.5, 0.6) is 0 Å². The molecule has 4 aromatic rings. The Balaban J connectivity index is 1.86. The van der Waals surface area contributed by atoms with Crippen LogP contribution in [0.3, 0.4) is 0 Å². The molecule has 0 spiro atoms. The van der Waals surface area contributed by atoms with Crippen LogP contribution >= 0.6 is 34.0 Å². The zero-order valence-corrected chi connectivity index (χ0v) is 18.4. The van der Waals surface area contributed by atoms with Crippen molar-refractivity contribution in [3.05, 3.63) is 92.8 Å². The van der Waals surface area contributed by atoms with E-state index in [-0.39, 0.29) is 0 Å². The van der Waals surface area contributed by atoms with Gasteiger partial charge in [-0.25, -0.2) is 0 Å². The fourth-order valence-corrected chi connectivity index (χ4v) is 7.61. The van der Waals surface area contributed by atoms with Gasteiger partial charge in [0.15, 0.2) is 0 Å². The van der Waals surface area contributed by atoms with E-state index in [0.29, 0.717) is 0 Å². The summed E-state index contributed by atoms with van der Waals surface area (Å²) in [7, 11) is 2.22. The average molecular weight is 420 g/mol. The first-order chi connectivity index (χ1) is 13.7. The molecule has 140 valence electrons. The summed E-state index contributed by atoms with van der Waals surface area (Å²) in [5.41, 5.74) is 5.52. The lowest BCUT2D eigenvalue weighted by molar-refractivity contribution is 0.0936. The molecule has 0 amide bonds. The van der Waals surface area contributed by atoms with Crippen molar-refractivity contribution in [2.75, 3.05) is 13.7 Å². The van der Waals surface area contributed by atoms with Crippen molar-refractivity contribution in [2.24, 2.45) is 0 Å². The summed E-state index contributed by atoms with van der Waals surface area (Å²) in [6.45, 7) is 3.03. The molecular formula is C23H21BOS3. The highest BCUT2D eigenvalue weighted by atomic mass is 32.1. The van der Waals surface area contributed by atoms with Gasteiger partial charge in [0.1, 0.15) is 6.61 Å². The maximum Gasteiger partial charge on any atom is 0.397 e. The highest BCUT2D eigenvalue weighted by Gasteiger charge is 2.53. The second-order valence-corrected chi connectivity index (χ2v) is 10.3. The van der Waals surface area contributed by atoms with E-state index in [1.165, 1.54) is 36.6 Å². The summed E-state index contributed by atoms with van der Waals surface area (Å²) in [6.07, 6.45) is -1.21. The molecule has 0 bridgehead atoms. The summed E-state index contributed by atoms with van der Waals surface area (Å²) in [5, 5.41) is 6.61. The van der Waals surface area contributed by atoms with Crippen molar-refractivity contribution in [3.8, 4) is 0 Å².